The van der Waals surface area contributed by atoms with Crippen LogP contribution in [0.1, 0.15) is 41.3 Å². The largest absolute Gasteiger partial charge is 0.478 e. The second-order valence-electron chi connectivity index (χ2n) is 8.31. The number of carboxylic acid groups (broad SMARTS) is 1. The number of hydrogen-bond donors (Lipinski definition) is 1. The minimum Gasteiger partial charge on any atom is -0.478 e. The quantitative estimate of drug-likeness (QED) is 0.611. The molecule has 5 rings (SSSR count). The molecule has 1 N–H and O–H groups in total. The summed E-state index contributed by atoms with van der Waals surface area (Å²) in [6.45, 7) is 4.50. The summed E-state index contributed by atoms with van der Waals surface area (Å²) in [6, 6.07) is 7.08. The average Bonchev–Trinajstić information content (AvgIpc) is 3.28. The number of aromatic carboxylic acids is 1. The Morgan fingerprint density at radius 1 is 1.09 bits per heavy atom. The maximum atomic E-state index is 11.3. The molecule has 1 aromatic carbocycles. The smallest absolute Gasteiger partial charge is 0.335 e. The Bertz CT molecular complexity index is 1150. The third-order valence-electron chi connectivity index (χ3n) is 6.24. The van der Waals surface area contributed by atoms with Crippen molar-refractivity contribution in [3.63, 3.8) is 0 Å². The van der Waals surface area contributed by atoms with E-state index in [-0.39, 0.29) is 6.10 Å². The van der Waals surface area contributed by atoms with Gasteiger partial charge in [0.2, 0.25) is 11.8 Å². The molecule has 0 aliphatic carbocycles. The normalized spacial score (nSPS) is 16.0. The highest BCUT2D eigenvalue weighted by Crippen LogP contribution is 2.35. The SMILES string of the molecule is CCc1cnc(N2CCC(Oc3cc(N4CCc5cc(C(=O)O)ccc54)ncn3)CC2)nc1. The summed E-state index contributed by atoms with van der Waals surface area (Å²) in [7, 11) is 0. The second-order valence-corrected chi connectivity index (χ2v) is 8.31. The molecule has 2 aromatic heterocycles. The average molecular weight is 447 g/mol. The highest BCUT2D eigenvalue weighted by Gasteiger charge is 2.25. The first-order valence-corrected chi connectivity index (χ1v) is 11.3. The van der Waals surface area contributed by atoms with Crippen molar-refractivity contribution >= 4 is 23.4 Å². The summed E-state index contributed by atoms with van der Waals surface area (Å²) in [5, 5.41) is 9.23. The van der Waals surface area contributed by atoms with E-state index in [4.69, 9.17) is 4.74 Å². The molecule has 3 aromatic rings. The molecule has 1 saturated heterocycles. The van der Waals surface area contributed by atoms with Gasteiger partial charge in [0.25, 0.3) is 0 Å². The Kier molecular flexibility index (Phi) is 5.77. The molecular weight excluding hydrogens is 420 g/mol. The van der Waals surface area contributed by atoms with E-state index in [0.29, 0.717) is 11.4 Å². The number of hydrogen-bond acceptors (Lipinski definition) is 8. The van der Waals surface area contributed by atoms with Crippen molar-refractivity contribution in [1.29, 1.82) is 0 Å². The second kappa shape index (κ2) is 9.01. The van der Waals surface area contributed by atoms with Gasteiger partial charge < -0.3 is 19.6 Å². The van der Waals surface area contributed by atoms with Gasteiger partial charge in [-0.2, -0.15) is 0 Å². The summed E-state index contributed by atoms with van der Waals surface area (Å²) in [4.78, 5) is 33.2. The zero-order valence-corrected chi connectivity index (χ0v) is 18.5. The molecule has 0 spiro atoms. The lowest BCUT2D eigenvalue weighted by Crippen LogP contribution is -2.39. The number of aryl methyl sites for hydroxylation is 1. The summed E-state index contributed by atoms with van der Waals surface area (Å²) in [5.74, 6) is 1.17. The molecule has 2 aliphatic heterocycles. The number of anilines is 3. The molecule has 0 saturated carbocycles. The van der Waals surface area contributed by atoms with Gasteiger partial charge in [0.05, 0.1) is 5.56 Å². The van der Waals surface area contributed by atoms with Gasteiger partial charge in [-0.3, -0.25) is 0 Å². The van der Waals surface area contributed by atoms with Crippen molar-refractivity contribution in [3.8, 4) is 5.88 Å². The Labute approximate surface area is 192 Å². The van der Waals surface area contributed by atoms with Crippen molar-refractivity contribution in [1.82, 2.24) is 19.9 Å². The molecule has 0 atom stereocenters. The lowest BCUT2D eigenvalue weighted by Gasteiger charge is -2.32. The molecule has 0 bridgehead atoms. The van der Waals surface area contributed by atoms with Crippen LogP contribution in [-0.2, 0) is 12.8 Å². The minimum atomic E-state index is -0.912. The molecule has 9 heteroatoms. The van der Waals surface area contributed by atoms with E-state index >= 15 is 0 Å². The number of rotatable bonds is 6. The predicted molar refractivity (Wildman–Crippen MR) is 123 cm³/mol. The Hall–Kier alpha value is -3.75. The fraction of sp³-hybridized carbons (Fsp3) is 0.375. The maximum Gasteiger partial charge on any atom is 0.335 e. The molecule has 0 amide bonds. The highest BCUT2D eigenvalue weighted by atomic mass is 16.5. The van der Waals surface area contributed by atoms with Gasteiger partial charge in [-0.25, -0.2) is 24.7 Å². The minimum absolute atomic E-state index is 0.0721. The molecular formula is C24H26N6O3. The van der Waals surface area contributed by atoms with Gasteiger partial charge in [-0.15, -0.1) is 0 Å². The van der Waals surface area contributed by atoms with Crippen LogP contribution in [0.25, 0.3) is 0 Å². The van der Waals surface area contributed by atoms with E-state index in [9.17, 15) is 9.90 Å². The fourth-order valence-electron chi connectivity index (χ4n) is 4.35. The van der Waals surface area contributed by atoms with E-state index in [0.717, 1.165) is 73.9 Å². The highest BCUT2D eigenvalue weighted by molar-refractivity contribution is 5.89. The van der Waals surface area contributed by atoms with Crippen molar-refractivity contribution in [2.45, 2.75) is 38.7 Å². The van der Waals surface area contributed by atoms with Crippen LogP contribution in [0.5, 0.6) is 5.88 Å². The number of benzene rings is 1. The van der Waals surface area contributed by atoms with E-state index in [1.807, 2.05) is 24.5 Å². The van der Waals surface area contributed by atoms with E-state index < -0.39 is 5.97 Å². The summed E-state index contributed by atoms with van der Waals surface area (Å²) in [5.41, 5.74) is 3.43. The molecule has 33 heavy (non-hydrogen) atoms. The van der Waals surface area contributed by atoms with Gasteiger partial charge in [-0.05, 0) is 42.2 Å². The van der Waals surface area contributed by atoms with Crippen LogP contribution in [0.3, 0.4) is 0 Å². The number of piperidine rings is 1. The van der Waals surface area contributed by atoms with E-state index in [1.165, 1.54) is 6.33 Å². The molecule has 170 valence electrons. The molecule has 2 aliphatic rings. The van der Waals surface area contributed by atoms with Crippen molar-refractivity contribution in [2.75, 3.05) is 29.4 Å². The van der Waals surface area contributed by atoms with E-state index in [1.54, 1.807) is 12.1 Å². The standard InChI is InChI=1S/C24H26N6O3/c1-2-16-13-25-24(26-14-16)29-8-6-19(7-9-29)33-22-12-21(27-15-28-22)30-10-5-17-11-18(23(31)32)3-4-20(17)30/h3-4,11-15,19H,2,5-10H2,1H3,(H,31,32). The van der Waals surface area contributed by atoms with Crippen LogP contribution in [0.2, 0.25) is 0 Å². The Balaban J connectivity index is 1.23. The zero-order chi connectivity index (χ0) is 22.8. The van der Waals surface area contributed by atoms with Gasteiger partial charge in [0.1, 0.15) is 18.2 Å². The lowest BCUT2D eigenvalue weighted by atomic mass is 10.1. The summed E-state index contributed by atoms with van der Waals surface area (Å²) in [6.07, 6.45) is 8.82. The Morgan fingerprint density at radius 3 is 2.61 bits per heavy atom. The molecule has 0 radical (unpaired) electrons. The summed E-state index contributed by atoms with van der Waals surface area (Å²) >= 11 is 0. The number of ether oxygens (including phenoxy) is 1. The third kappa shape index (κ3) is 4.44. The van der Waals surface area contributed by atoms with Crippen LogP contribution in [0.4, 0.5) is 17.5 Å². The third-order valence-corrected chi connectivity index (χ3v) is 6.24. The van der Waals surface area contributed by atoms with E-state index in [2.05, 4.69) is 36.7 Å². The monoisotopic (exact) mass is 446 g/mol. The maximum absolute atomic E-state index is 11.3. The van der Waals surface area contributed by atoms with Crippen molar-refractivity contribution < 1.29 is 14.6 Å². The first kappa shape index (κ1) is 21.1. The molecule has 9 nitrogen and oxygen atoms in total. The zero-order valence-electron chi connectivity index (χ0n) is 18.5. The van der Waals surface area contributed by atoms with Crippen LogP contribution in [-0.4, -0.2) is 56.7 Å². The molecule has 4 heterocycles. The van der Waals surface area contributed by atoms with Gasteiger partial charge >= 0.3 is 5.97 Å². The van der Waals surface area contributed by atoms with Crippen LogP contribution in [0.15, 0.2) is 43.0 Å². The van der Waals surface area contributed by atoms with Crippen molar-refractivity contribution in [3.05, 3.63) is 59.7 Å². The number of carbonyl (C=O) groups is 1. The molecule has 0 unspecified atom stereocenters. The van der Waals surface area contributed by atoms with Gasteiger partial charge in [-0.1, -0.05) is 6.92 Å². The van der Waals surface area contributed by atoms with Crippen molar-refractivity contribution in [2.24, 2.45) is 0 Å². The predicted octanol–water partition coefficient (Wildman–Crippen LogP) is 3.27. The number of aromatic nitrogens is 4. The molecule has 1 fully saturated rings. The van der Waals surface area contributed by atoms with Gasteiger partial charge in [0.15, 0.2) is 0 Å². The van der Waals surface area contributed by atoms with Crippen LogP contribution in [0, 0.1) is 0 Å². The Morgan fingerprint density at radius 2 is 1.88 bits per heavy atom. The topological polar surface area (TPSA) is 105 Å². The lowest BCUT2D eigenvalue weighted by molar-refractivity contribution is 0.0697. The fourth-order valence-corrected chi connectivity index (χ4v) is 4.35. The first-order chi connectivity index (χ1) is 16.1. The van der Waals surface area contributed by atoms with Crippen LogP contribution >= 0.6 is 0 Å². The number of carboxylic acids is 1. The summed E-state index contributed by atoms with van der Waals surface area (Å²) < 4.78 is 6.19. The number of fused-ring (bicyclic) bond motifs is 1. The van der Waals surface area contributed by atoms with Crippen LogP contribution < -0.4 is 14.5 Å². The van der Waals surface area contributed by atoms with Gasteiger partial charge in [0, 0.05) is 56.6 Å². The number of nitrogens with zero attached hydrogens (tertiary/aromatic N) is 6. The first-order valence-electron chi connectivity index (χ1n) is 11.3.